The molecule has 5 heterocycles. The zero-order valence-electron chi connectivity index (χ0n) is 40.0. The summed E-state index contributed by atoms with van der Waals surface area (Å²) in [7, 11) is 0. The number of rotatable bonds is 7. The molecule has 5 aromatic heterocycles. The van der Waals surface area contributed by atoms with Crippen molar-refractivity contribution >= 4 is 70.9 Å². The molecule has 0 aliphatic rings. The molecule has 14 aromatic rings. The molecule has 69 heavy (non-hydrogen) atoms. The molecule has 0 aliphatic carbocycles. The van der Waals surface area contributed by atoms with Gasteiger partial charge in [0, 0.05) is 27.7 Å². The zero-order chi connectivity index (χ0) is 48.4. The van der Waals surface area contributed by atoms with E-state index in [4.69, 9.17) is 13.8 Å². The van der Waals surface area contributed by atoms with Crippen molar-refractivity contribution < 1.29 is 28.2 Å². The van der Waals surface area contributed by atoms with Crippen LogP contribution < -0.4 is 4.74 Å². The van der Waals surface area contributed by atoms with Crippen LogP contribution in [0.25, 0.3) is 110 Å². The van der Waals surface area contributed by atoms with E-state index in [9.17, 15) is 0 Å². The Hall–Kier alpha value is -8.31. The molecule has 0 saturated heterocycles. The van der Waals surface area contributed by atoms with Gasteiger partial charge in [-0.2, -0.15) is 0 Å². The number of aromatic nitrogens is 5. The fourth-order valence-corrected chi connectivity index (χ4v) is 11.7. The van der Waals surface area contributed by atoms with E-state index in [1.165, 1.54) is 21.7 Å². The Labute approximate surface area is 412 Å². The van der Waals surface area contributed by atoms with Crippen LogP contribution in [0.15, 0.2) is 200 Å². The third-order valence-electron chi connectivity index (χ3n) is 13.6. The normalized spacial score (nSPS) is 12.8. The Morgan fingerprint density at radius 2 is 1.17 bits per heavy atom. The molecule has 0 atom stereocenters. The van der Waals surface area contributed by atoms with Crippen LogP contribution in [0.2, 0.25) is 0 Å². The molecule has 7 heteroatoms. The van der Waals surface area contributed by atoms with Crippen molar-refractivity contribution in [1.82, 2.24) is 23.1 Å². The Morgan fingerprint density at radius 1 is 0.522 bits per heavy atom. The molecule has 0 unspecified atom stereocenters. The number of fused-ring (bicyclic) bond motifs is 10. The molecule has 0 fully saturated rings. The van der Waals surface area contributed by atoms with Crippen molar-refractivity contribution in [2.24, 2.45) is 0 Å². The van der Waals surface area contributed by atoms with E-state index < -0.39 is 6.85 Å². The number of nitrogens with zero attached hydrogens (tertiary/aromatic N) is 5. The summed E-state index contributed by atoms with van der Waals surface area (Å²) in [6.07, 6.45) is 1.83. The van der Waals surface area contributed by atoms with Gasteiger partial charge in [-0.3, -0.25) is 0 Å². The summed E-state index contributed by atoms with van der Waals surface area (Å²) in [5, 5.41) is 6.82. The Balaban J connectivity index is 0.964. The molecular weight excluding hydrogens is 1030 g/mol. The number of benzene rings is 9. The van der Waals surface area contributed by atoms with Crippen LogP contribution in [-0.4, -0.2) is 23.1 Å². The number of imidazole rings is 1. The van der Waals surface area contributed by atoms with E-state index in [1.54, 1.807) is 6.07 Å². The molecule has 0 saturated carbocycles. The van der Waals surface area contributed by atoms with Gasteiger partial charge in [-0.15, -0.1) is 0 Å². The fourth-order valence-electron chi connectivity index (χ4n) is 10.6. The van der Waals surface area contributed by atoms with E-state index in [0.29, 0.717) is 11.4 Å². The van der Waals surface area contributed by atoms with Crippen LogP contribution in [0, 0.1) is 29.7 Å². The Bertz CT molecular complexity index is 4510. The molecule has 0 spiro atoms. The molecule has 0 N–H and O–H groups in total. The first kappa shape index (κ1) is 36.8. The topological polar surface area (TPSA) is 41.3 Å². The standard InChI is InChI=1S/C62H39N5O.Pt/c1-39-31-32-63-60(33-39)66-56-35-44(29-30-48(56)51-36-52-50-23-14-22-49-47-19-9-10-24-53(47)67(62(49)50)58(52)37-57(51)66)68-59-34-43(28-27-40(59)2)64-38-65(55-26-12-11-25-54(55)64)61-45(41-15-5-3-6-16-41)20-13-21-46(61)42-17-7-4-8-18-42;/h3-33,36-37H,1-2H3;/q-2;/i2D3;. The predicted octanol–water partition coefficient (Wildman–Crippen LogP) is 15.5. The van der Waals surface area contributed by atoms with Gasteiger partial charge in [-0.1, -0.05) is 36.4 Å². The number of pyridine rings is 1. The van der Waals surface area contributed by atoms with Crippen molar-refractivity contribution in [2.75, 3.05) is 0 Å². The van der Waals surface area contributed by atoms with Crippen LogP contribution in [0.1, 0.15) is 15.2 Å². The van der Waals surface area contributed by atoms with Crippen LogP contribution in [0.5, 0.6) is 11.5 Å². The van der Waals surface area contributed by atoms with Gasteiger partial charge in [0.2, 0.25) is 0 Å². The summed E-state index contributed by atoms with van der Waals surface area (Å²) in [5.41, 5.74) is 14.2. The van der Waals surface area contributed by atoms with Gasteiger partial charge in [0.05, 0.1) is 16.6 Å². The first-order valence-corrected chi connectivity index (χ1v) is 24.0. The molecule has 14 rings (SSSR count). The summed E-state index contributed by atoms with van der Waals surface area (Å²) < 4.78 is 42.8. The van der Waals surface area contributed by atoms with Crippen LogP contribution in [0.3, 0.4) is 0 Å². The number of ether oxygens (including phenoxy) is 1. The monoisotopic (exact) mass is 1070 g/mol. The summed E-state index contributed by atoms with van der Waals surface area (Å²) in [5.74, 6) is 1.18. The first-order valence-electron chi connectivity index (χ1n) is 24.4. The third kappa shape index (κ3) is 6.02. The maximum absolute atomic E-state index is 8.72. The fraction of sp³-hybridized carbons (Fsp3) is 0.0323. The molecule has 0 bridgehead atoms. The first-order chi connectivity index (χ1) is 35.2. The summed E-state index contributed by atoms with van der Waals surface area (Å²) in [6.45, 7) is -0.445. The summed E-state index contributed by atoms with van der Waals surface area (Å²) in [6, 6.07) is 73.9. The van der Waals surface area contributed by atoms with Crippen molar-refractivity contribution in [3.05, 3.63) is 227 Å². The van der Waals surface area contributed by atoms with Crippen molar-refractivity contribution in [3.63, 3.8) is 0 Å². The second kappa shape index (κ2) is 15.4. The van der Waals surface area contributed by atoms with E-state index in [1.807, 2.05) is 54.7 Å². The molecule has 6 nitrogen and oxygen atoms in total. The minimum Gasteiger partial charge on any atom is -0.0459 e. The predicted molar refractivity (Wildman–Crippen MR) is 277 cm³/mol. The zero-order valence-corrected chi connectivity index (χ0v) is 39.3. The smallest absolute Gasteiger partial charge is 0.0459 e. The van der Waals surface area contributed by atoms with Gasteiger partial charge < -0.3 is 4.40 Å². The number of aryl methyl sites for hydroxylation is 2. The van der Waals surface area contributed by atoms with E-state index in [0.717, 1.165) is 92.4 Å². The minimum atomic E-state index is -2.51. The third-order valence-corrected chi connectivity index (χ3v) is 14.6. The SMILES string of the molecule is [2H]C([2H])([2H])c1ccc(-n2[c](=[Pt])n(-c3c(-c4ccccc4)cccc3-c3ccccc3)c3ccccc32)[c-]c1Oc1[c-]c2c(cc1)c1cc3c4cccc5c6ccccc6n(c3cc1n2-c1cc(C)ccn1)c54. The van der Waals surface area contributed by atoms with E-state index >= 15 is 0 Å². The van der Waals surface area contributed by atoms with Gasteiger partial charge >= 0.3 is 305 Å². The number of hydrogen-bond acceptors (Lipinski definition) is 2. The molecule has 330 valence electrons. The Morgan fingerprint density at radius 3 is 1.91 bits per heavy atom. The second-order valence-electron chi connectivity index (χ2n) is 17.6. The average Bonchev–Trinajstić information content (AvgIpc) is 4.11. The van der Waals surface area contributed by atoms with Crippen molar-refractivity contribution in [3.8, 4) is 50.9 Å². The molecular formula is C62H39N5OPt-2. The average molecular weight is 1070 g/mol. The number of para-hydroxylation sites is 5. The van der Waals surface area contributed by atoms with E-state index in [-0.39, 0.29) is 11.3 Å². The van der Waals surface area contributed by atoms with Gasteiger partial charge in [0.1, 0.15) is 0 Å². The van der Waals surface area contributed by atoms with Gasteiger partial charge in [-0.05, 0) is 24.6 Å². The minimum absolute atomic E-state index is 0.0429. The van der Waals surface area contributed by atoms with Crippen LogP contribution in [0.4, 0.5) is 0 Å². The van der Waals surface area contributed by atoms with Gasteiger partial charge in [-0.25, -0.2) is 0 Å². The maximum atomic E-state index is 8.72. The van der Waals surface area contributed by atoms with E-state index in [2.05, 4.69) is 196 Å². The summed E-state index contributed by atoms with van der Waals surface area (Å²) >= 11 is 2.39. The summed E-state index contributed by atoms with van der Waals surface area (Å²) in [4.78, 5) is 4.91. The van der Waals surface area contributed by atoms with Crippen LogP contribution >= 0.6 is 0 Å². The molecule has 0 amide bonds. The number of hydrogen-bond donors (Lipinski definition) is 0. The Kier molecular flexibility index (Phi) is 8.18. The molecule has 9 aromatic carbocycles. The molecule has 0 aliphatic heterocycles. The second-order valence-corrected chi connectivity index (χ2v) is 18.6. The van der Waals surface area contributed by atoms with Gasteiger partial charge in [0.25, 0.3) is 0 Å². The quantitative estimate of drug-likeness (QED) is 0.149. The van der Waals surface area contributed by atoms with Crippen molar-refractivity contribution in [1.29, 1.82) is 0 Å². The molecule has 0 radical (unpaired) electrons. The van der Waals surface area contributed by atoms with Crippen molar-refractivity contribution in [2.45, 2.75) is 13.8 Å². The van der Waals surface area contributed by atoms with Crippen LogP contribution in [-0.2, 0) is 19.4 Å². The van der Waals surface area contributed by atoms with Gasteiger partial charge in [0.15, 0.2) is 0 Å².